The Labute approximate surface area is 166 Å². The van der Waals surface area contributed by atoms with E-state index in [4.69, 9.17) is 5.73 Å². The van der Waals surface area contributed by atoms with Gasteiger partial charge in [-0.1, -0.05) is 12.1 Å². The average molecular weight is 393 g/mol. The van der Waals surface area contributed by atoms with Gasteiger partial charge >= 0.3 is 6.03 Å². The maximum atomic E-state index is 12.6. The zero-order chi connectivity index (χ0) is 18.1. The largest absolute Gasteiger partial charge is 0.352 e. The molecule has 148 valence electrons. The molecule has 3 aliphatic rings. The van der Waals surface area contributed by atoms with Crippen LogP contribution in [-0.4, -0.2) is 36.0 Å². The number of nitrogens with zero attached hydrogens (tertiary/aromatic N) is 1. The molecule has 27 heavy (non-hydrogen) atoms. The minimum Gasteiger partial charge on any atom is -0.352 e. The molecule has 0 radical (unpaired) electrons. The molecule has 2 saturated carbocycles. The lowest BCUT2D eigenvalue weighted by molar-refractivity contribution is -0.127. The van der Waals surface area contributed by atoms with Crippen LogP contribution in [-0.2, 0) is 11.3 Å². The summed E-state index contributed by atoms with van der Waals surface area (Å²) in [5.74, 6) is 1.03. The third-order valence-electron chi connectivity index (χ3n) is 6.32. The molecule has 4 atom stereocenters. The number of fused-ring (bicyclic) bond motifs is 2. The highest BCUT2D eigenvalue weighted by Gasteiger charge is 2.48. The van der Waals surface area contributed by atoms with Crippen molar-refractivity contribution < 1.29 is 9.59 Å². The first-order valence-corrected chi connectivity index (χ1v) is 9.80. The van der Waals surface area contributed by atoms with Crippen LogP contribution in [0.2, 0.25) is 0 Å². The number of benzene rings is 1. The number of carbonyl (C=O) groups is 2. The summed E-state index contributed by atoms with van der Waals surface area (Å²) in [6.45, 7) is 2.11. The molecule has 6 nitrogen and oxygen atoms in total. The second-order valence-electron chi connectivity index (χ2n) is 7.98. The van der Waals surface area contributed by atoms with Crippen molar-refractivity contribution in [3.8, 4) is 0 Å². The van der Waals surface area contributed by atoms with E-state index in [2.05, 4.69) is 10.6 Å². The number of nitrogens with one attached hydrogen (secondary N) is 2. The van der Waals surface area contributed by atoms with Gasteiger partial charge in [-0.2, -0.15) is 0 Å². The molecule has 0 aromatic heterocycles. The van der Waals surface area contributed by atoms with Gasteiger partial charge in [-0.15, -0.1) is 12.4 Å². The fraction of sp³-hybridized carbons (Fsp3) is 0.600. The normalized spacial score (nSPS) is 28.7. The summed E-state index contributed by atoms with van der Waals surface area (Å²) in [4.78, 5) is 26.6. The molecular formula is C20H29ClN4O2. The lowest BCUT2D eigenvalue weighted by Gasteiger charge is -2.27. The van der Waals surface area contributed by atoms with Crippen LogP contribution >= 0.6 is 12.4 Å². The number of urea groups is 1. The van der Waals surface area contributed by atoms with Crippen molar-refractivity contribution in [2.75, 3.05) is 18.4 Å². The first-order chi connectivity index (χ1) is 12.6. The number of nitrogens with two attached hydrogens (primary N) is 1. The van der Waals surface area contributed by atoms with Crippen LogP contribution in [0.25, 0.3) is 0 Å². The van der Waals surface area contributed by atoms with Crippen molar-refractivity contribution in [2.45, 2.75) is 44.7 Å². The molecule has 4 unspecified atom stereocenters. The lowest BCUT2D eigenvalue weighted by Crippen LogP contribution is -2.45. The molecule has 1 aromatic carbocycles. The van der Waals surface area contributed by atoms with Gasteiger partial charge in [0.25, 0.3) is 0 Å². The third kappa shape index (κ3) is 4.22. The summed E-state index contributed by atoms with van der Waals surface area (Å²) in [5.41, 5.74) is 8.01. The molecule has 4 rings (SSSR count). The molecule has 4 N–H and O–H groups in total. The second kappa shape index (κ2) is 8.48. The van der Waals surface area contributed by atoms with E-state index in [0.717, 1.165) is 50.0 Å². The van der Waals surface area contributed by atoms with Crippen LogP contribution in [0.4, 0.5) is 10.5 Å². The zero-order valence-corrected chi connectivity index (χ0v) is 16.3. The highest BCUT2D eigenvalue weighted by atomic mass is 35.5. The minimum absolute atomic E-state index is 0. The predicted octanol–water partition coefficient (Wildman–Crippen LogP) is 2.73. The van der Waals surface area contributed by atoms with Crippen molar-refractivity contribution in [1.29, 1.82) is 0 Å². The number of hydrogen-bond donors (Lipinski definition) is 3. The summed E-state index contributed by atoms with van der Waals surface area (Å²) in [6.07, 6.45) is 5.56. The maximum absolute atomic E-state index is 12.6. The van der Waals surface area contributed by atoms with E-state index in [1.807, 2.05) is 29.2 Å². The molecule has 2 bridgehead atoms. The van der Waals surface area contributed by atoms with Gasteiger partial charge in [-0.25, -0.2) is 4.79 Å². The summed E-state index contributed by atoms with van der Waals surface area (Å²) in [7, 11) is 0. The molecule has 1 aromatic rings. The van der Waals surface area contributed by atoms with Crippen LogP contribution in [0.1, 0.15) is 37.7 Å². The van der Waals surface area contributed by atoms with Gasteiger partial charge in [-0.05, 0) is 61.6 Å². The SMILES string of the molecule is Cl.NC1C2CCC(C2)C1C(=O)NCc1cccc(NC(=O)N2CCCC2)c1. The Hall–Kier alpha value is -1.79. The smallest absolute Gasteiger partial charge is 0.321 e. The highest BCUT2D eigenvalue weighted by molar-refractivity contribution is 5.89. The summed E-state index contributed by atoms with van der Waals surface area (Å²) in [5, 5.41) is 6.00. The fourth-order valence-corrected chi connectivity index (χ4v) is 4.91. The summed E-state index contributed by atoms with van der Waals surface area (Å²) < 4.78 is 0. The van der Waals surface area contributed by atoms with Gasteiger partial charge in [0.1, 0.15) is 0 Å². The molecule has 2 aliphatic carbocycles. The molecule has 1 heterocycles. The van der Waals surface area contributed by atoms with Crippen LogP contribution < -0.4 is 16.4 Å². The van der Waals surface area contributed by atoms with Crippen molar-refractivity contribution in [1.82, 2.24) is 10.2 Å². The first-order valence-electron chi connectivity index (χ1n) is 9.80. The van der Waals surface area contributed by atoms with Gasteiger partial charge in [0.15, 0.2) is 0 Å². The van der Waals surface area contributed by atoms with Crippen molar-refractivity contribution in [2.24, 2.45) is 23.5 Å². The Morgan fingerprint density at radius 3 is 2.59 bits per heavy atom. The second-order valence-corrected chi connectivity index (χ2v) is 7.98. The molecule has 7 heteroatoms. The van der Waals surface area contributed by atoms with Crippen LogP contribution in [0.15, 0.2) is 24.3 Å². The zero-order valence-electron chi connectivity index (χ0n) is 15.5. The predicted molar refractivity (Wildman–Crippen MR) is 108 cm³/mol. The summed E-state index contributed by atoms with van der Waals surface area (Å²) in [6, 6.07) is 7.65. The van der Waals surface area contributed by atoms with Gasteiger partial charge in [0, 0.05) is 31.4 Å². The third-order valence-corrected chi connectivity index (χ3v) is 6.32. The summed E-state index contributed by atoms with van der Waals surface area (Å²) >= 11 is 0. The highest BCUT2D eigenvalue weighted by Crippen LogP contribution is 2.47. The van der Waals surface area contributed by atoms with Crippen molar-refractivity contribution in [3.63, 3.8) is 0 Å². The minimum atomic E-state index is -0.0448. The van der Waals surface area contributed by atoms with Gasteiger partial charge in [0.05, 0.1) is 5.92 Å². The number of rotatable bonds is 4. The quantitative estimate of drug-likeness (QED) is 0.736. The Balaban J connectivity index is 0.00000210. The lowest BCUT2D eigenvalue weighted by atomic mass is 9.84. The van der Waals surface area contributed by atoms with E-state index >= 15 is 0 Å². The molecule has 3 amide bonds. The standard InChI is InChI=1S/C20H28N4O2.ClH/c21-18-15-7-6-14(11-15)17(18)19(25)22-12-13-4-3-5-16(10-13)23-20(26)24-8-1-2-9-24;/h3-5,10,14-15,17-18H,1-2,6-9,11-12,21H2,(H,22,25)(H,23,26);1H. The number of hydrogen-bond acceptors (Lipinski definition) is 3. The maximum Gasteiger partial charge on any atom is 0.321 e. The van der Waals surface area contributed by atoms with Gasteiger partial charge < -0.3 is 21.3 Å². The van der Waals surface area contributed by atoms with Crippen LogP contribution in [0.5, 0.6) is 0 Å². The number of halogens is 1. The Kier molecular flexibility index (Phi) is 6.27. The Bertz CT molecular complexity index is 690. The topological polar surface area (TPSA) is 87.5 Å². The van der Waals surface area contributed by atoms with Gasteiger partial charge in [-0.3, -0.25) is 4.79 Å². The van der Waals surface area contributed by atoms with Crippen LogP contribution in [0.3, 0.4) is 0 Å². The number of anilines is 1. The number of carbonyl (C=O) groups excluding carboxylic acids is 2. The van der Waals surface area contributed by atoms with E-state index in [9.17, 15) is 9.59 Å². The number of likely N-dealkylation sites (tertiary alicyclic amines) is 1. The Morgan fingerprint density at radius 1 is 1.15 bits per heavy atom. The number of amides is 3. The molecule has 1 aliphatic heterocycles. The van der Waals surface area contributed by atoms with Crippen molar-refractivity contribution in [3.05, 3.63) is 29.8 Å². The van der Waals surface area contributed by atoms with Crippen LogP contribution in [0, 0.1) is 17.8 Å². The molecule has 0 spiro atoms. The van der Waals surface area contributed by atoms with E-state index in [1.165, 1.54) is 6.42 Å². The monoisotopic (exact) mass is 392 g/mol. The molecule has 3 fully saturated rings. The Morgan fingerprint density at radius 2 is 1.89 bits per heavy atom. The van der Waals surface area contributed by atoms with Gasteiger partial charge in [0.2, 0.25) is 5.91 Å². The molecular weight excluding hydrogens is 364 g/mol. The first kappa shape index (κ1) is 20.0. The average Bonchev–Trinajstić information content (AvgIpc) is 3.37. The van der Waals surface area contributed by atoms with E-state index in [1.54, 1.807) is 0 Å². The fourth-order valence-electron chi connectivity index (χ4n) is 4.91. The van der Waals surface area contributed by atoms with Crippen molar-refractivity contribution >= 4 is 30.0 Å². The molecule has 1 saturated heterocycles. The van der Waals surface area contributed by atoms with E-state index in [0.29, 0.717) is 18.4 Å². The van der Waals surface area contributed by atoms with E-state index in [-0.39, 0.29) is 36.3 Å². The van der Waals surface area contributed by atoms with E-state index < -0.39 is 0 Å².